The molecular formula is C32H34N4O5S. The number of carbonyl (C=O) groups is 2. The number of hydrogen-bond acceptors (Lipinski definition) is 9. The lowest BCUT2D eigenvalue weighted by molar-refractivity contribution is -0.157. The molecule has 0 saturated heterocycles. The molecule has 3 heterocycles. The third kappa shape index (κ3) is 5.99. The maximum Gasteiger partial charge on any atom is 0.344 e. The van der Waals surface area contributed by atoms with Crippen molar-refractivity contribution >= 4 is 29.0 Å². The number of rotatable bonds is 7. The minimum Gasteiger partial charge on any atom is -0.482 e. The van der Waals surface area contributed by atoms with Gasteiger partial charge in [0.1, 0.15) is 28.2 Å². The highest BCUT2D eigenvalue weighted by Gasteiger charge is 2.32. The molecular weight excluding hydrogens is 552 g/mol. The van der Waals surface area contributed by atoms with E-state index in [0.717, 1.165) is 44.4 Å². The third-order valence-corrected chi connectivity index (χ3v) is 8.14. The highest BCUT2D eigenvalue weighted by atomic mass is 32.1. The molecule has 4 aromatic rings. The first-order valence-electron chi connectivity index (χ1n) is 13.7. The lowest BCUT2D eigenvalue weighted by Crippen LogP contribution is -2.27. The molecule has 42 heavy (non-hydrogen) atoms. The highest BCUT2D eigenvalue weighted by molar-refractivity contribution is 7.15. The van der Waals surface area contributed by atoms with Gasteiger partial charge in [0.15, 0.2) is 12.4 Å². The Bertz CT molecular complexity index is 1660. The molecule has 0 radical (unpaired) electrons. The van der Waals surface area contributed by atoms with Gasteiger partial charge in [0, 0.05) is 16.0 Å². The summed E-state index contributed by atoms with van der Waals surface area (Å²) < 4.78 is 17.9. The van der Waals surface area contributed by atoms with Gasteiger partial charge in [0.05, 0.1) is 19.2 Å². The molecule has 0 bridgehead atoms. The fourth-order valence-electron chi connectivity index (χ4n) is 4.84. The lowest BCUT2D eigenvalue weighted by Gasteiger charge is -2.19. The van der Waals surface area contributed by atoms with Gasteiger partial charge in [-0.3, -0.25) is 14.4 Å². The van der Waals surface area contributed by atoms with Crippen LogP contribution in [0.3, 0.4) is 0 Å². The van der Waals surface area contributed by atoms with Crippen molar-refractivity contribution in [3.8, 4) is 21.9 Å². The number of esters is 2. The predicted molar refractivity (Wildman–Crippen MR) is 162 cm³/mol. The predicted octanol–water partition coefficient (Wildman–Crippen LogP) is 6.10. The molecule has 10 heteroatoms. The highest BCUT2D eigenvalue weighted by Crippen LogP contribution is 2.39. The fraction of sp³-hybridized carbons (Fsp3) is 0.344. The van der Waals surface area contributed by atoms with Crippen LogP contribution in [0.4, 0.5) is 0 Å². The Labute approximate surface area is 249 Å². The monoisotopic (exact) mass is 586 g/mol. The molecule has 2 aromatic carbocycles. The van der Waals surface area contributed by atoms with Crippen molar-refractivity contribution in [3.05, 3.63) is 81.7 Å². The van der Waals surface area contributed by atoms with Crippen molar-refractivity contribution in [1.29, 1.82) is 0 Å². The molecule has 1 aliphatic rings. The molecule has 0 N–H and O–H groups in total. The number of aromatic nitrogens is 3. The number of aliphatic imine (C=N–C) groups is 1. The van der Waals surface area contributed by atoms with Crippen molar-refractivity contribution in [2.45, 2.75) is 59.6 Å². The molecule has 0 fully saturated rings. The van der Waals surface area contributed by atoms with Crippen LogP contribution in [-0.4, -0.2) is 51.7 Å². The number of benzene rings is 2. The smallest absolute Gasteiger partial charge is 0.344 e. The summed E-state index contributed by atoms with van der Waals surface area (Å²) >= 11 is 1.67. The number of hydrogen-bond donors (Lipinski definition) is 0. The molecule has 2 aromatic heterocycles. The van der Waals surface area contributed by atoms with Gasteiger partial charge in [-0.15, -0.1) is 21.5 Å². The maximum atomic E-state index is 12.4. The van der Waals surface area contributed by atoms with E-state index in [1.54, 1.807) is 11.3 Å². The van der Waals surface area contributed by atoms with Gasteiger partial charge in [0.2, 0.25) is 0 Å². The number of carbonyl (C=O) groups excluding carboxylic acids is 2. The van der Waals surface area contributed by atoms with Crippen molar-refractivity contribution in [1.82, 2.24) is 14.8 Å². The van der Waals surface area contributed by atoms with Gasteiger partial charge in [-0.25, -0.2) is 4.79 Å². The average molecular weight is 587 g/mol. The summed E-state index contributed by atoms with van der Waals surface area (Å²) in [4.78, 5) is 30.6. The number of thiophene rings is 1. The number of aryl methyl sites for hydroxylation is 2. The molecule has 218 valence electrons. The summed E-state index contributed by atoms with van der Waals surface area (Å²) in [6.07, 6.45) is 0.0610. The van der Waals surface area contributed by atoms with E-state index < -0.39 is 17.6 Å². The van der Waals surface area contributed by atoms with E-state index in [1.165, 1.54) is 12.0 Å². The fourth-order valence-corrected chi connectivity index (χ4v) is 6.06. The van der Waals surface area contributed by atoms with E-state index in [2.05, 4.69) is 24.0 Å². The van der Waals surface area contributed by atoms with Gasteiger partial charge in [-0.05, 0) is 70.4 Å². The molecule has 5 rings (SSSR count). The first-order valence-corrected chi connectivity index (χ1v) is 14.5. The van der Waals surface area contributed by atoms with Crippen LogP contribution in [0.25, 0.3) is 16.1 Å². The van der Waals surface area contributed by atoms with E-state index in [4.69, 9.17) is 19.2 Å². The largest absolute Gasteiger partial charge is 0.482 e. The number of methoxy groups -OCH3 is 1. The Balaban J connectivity index is 1.44. The summed E-state index contributed by atoms with van der Waals surface area (Å²) in [6.45, 7) is 11.4. The maximum absolute atomic E-state index is 12.4. The van der Waals surface area contributed by atoms with Crippen molar-refractivity contribution in [3.63, 3.8) is 0 Å². The van der Waals surface area contributed by atoms with Crippen LogP contribution in [0.5, 0.6) is 5.75 Å². The van der Waals surface area contributed by atoms with Gasteiger partial charge in [-0.1, -0.05) is 36.4 Å². The first kappa shape index (κ1) is 29.2. The average Bonchev–Trinajstić information content (AvgIpc) is 3.43. The number of nitrogens with zero attached hydrogens (tertiary/aromatic N) is 4. The summed E-state index contributed by atoms with van der Waals surface area (Å²) in [7, 11) is 1.38. The topological polar surface area (TPSA) is 105 Å². The zero-order valence-electron chi connectivity index (χ0n) is 24.8. The zero-order valence-corrected chi connectivity index (χ0v) is 25.7. The number of fused-ring (bicyclic) bond motifs is 3. The summed E-state index contributed by atoms with van der Waals surface area (Å²) in [5.41, 5.74) is 5.37. The normalized spacial score (nSPS) is 14.4. The second-order valence-corrected chi connectivity index (χ2v) is 12.4. The summed E-state index contributed by atoms with van der Waals surface area (Å²) in [5.74, 6) is 1.19. The number of ether oxygens (including phenoxy) is 3. The molecule has 1 aliphatic heterocycles. The quantitative estimate of drug-likeness (QED) is 0.241. The van der Waals surface area contributed by atoms with E-state index in [0.29, 0.717) is 11.6 Å². The Morgan fingerprint density at radius 1 is 0.905 bits per heavy atom. The van der Waals surface area contributed by atoms with E-state index >= 15 is 0 Å². The Kier molecular flexibility index (Phi) is 8.01. The summed E-state index contributed by atoms with van der Waals surface area (Å²) in [5, 5.41) is 9.73. The Morgan fingerprint density at radius 3 is 2.14 bits per heavy atom. The van der Waals surface area contributed by atoms with Crippen LogP contribution < -0.4 is 4.74 Å². The van der Waals surface area contributed by atoms with E-state index in [1.807, 2.05) is 80.8 Å². The van der Waals surface area contributed by atoms with Crippen LogP contribution in [-0.2, 0) is 19.1 Å². The Morgan fingerprint density at radius 2 is 1.52 bits per heavy atom. The van der Waals surface area contributed by atoms with E-state index in [9.17, 15) is 9.59 Å². The van der Waals surface area contributed by atoms with Crippen LogP contribution in [0.2, 0.25) is 0 Å². The SMILES string of the molecule is COC(=O)C[C@@H]1N=C(c2ccc(-c3ccc(OCC(=O)OC(C)(C)C)cc3)cc2)c2c(sc(C)c2C)-n2c(C)nnc21. The molecule has 1 atom stereocenters. The second kappa shape index (κ2) is 11.5. The zero-order chi connectivity index (χ0) is 30.2. The molecule has 0 saturated carbocycles. The standard InChI is InChI=1S/C32H34N4O5S/c1-18-19(2)42-31-28(18)29(33-25(16-26(37)39-7)30-35-34-20(3)36(30)31)23-10-8-21(9-11-23)22-12-14-24(15-13-22)40-17-27(38)41-32(4,5)6/h8-15,25H,16-17H2,1-7H3/t25-/m0/s1. The first-order chi connectivity index (χ1) is 19.9. The van der Waals surface area contributed by atoms with Crippen LogP contribution >= 0.6 is 11.3 Å². The third-order valence-electron chi connectivity index (χ3n) is 6.95. The minimum absolute atomic E-state index is 0.0610. The molecule has 0 spiro atoms. The van der Waals surface area contributed by atoms with Crippen LogP contribution in [0, 0.1) is 20.8 Å². The molecule has 0 amide bonds. The van der Waals surface area contributed by atoms with E-state index in [-0.39, 0.29) is 19.0 Å². The van der Waals surface area contributed by atoms with Crippen LogP contribution in [0.15, 0.2) is 53.5 Å². The molecule has 9 nitrogen and oxygen atoms in total. The molecule has 0 unspecified atom stereocenters. The van der Waals surface area contributed by atoms with Gasteiger partial charge in [0.25, 0.3) is 0 Å². The summed E-state index contributed by atoms with van der Waals surface area (Å²) in [6, 6.07) is 15.2. The van der Waals surface area contributed by atoms with Gasteiger partial charge >= 0.3 is 11.9 Å². The Hall–Kier alpha value is -4.31. The van der Waals surface area contributed by atoms with Crippen molar-refractivity contribution < 1.29 is 23.8 Å². The minimum atomic E-state index is -0.554. The van der Waals surface area contributed by atoms with Crippen molar-refractivity contribution in [2.75, 3.05) is 13.7 Å². The van der Waals surface area contributed by atoms with Crippen molar-refractivity contribution in [2.24, 2.45) is 4.99 Å². The van der Waals surface area contributed by atoms with Gasteiger partial charge < -0.3 is 14.2 Å². The second-order valence-electron chi connectivity index (χ2n) is 11.2. The van der Waals surface area contributed by atoms with Crippen LogP contribution in [0.1, 0.15) is 66.5 Å². The lowest BCUT2D eigenvalue weighted by atomic mass is 9.97. The van der Waals surface area contributed by atoms with Gasteiger partial charge in [-0.2, -0.15) is 0 Å². The molecule has 0 aliphatic carbocycles.